The second kappa shape index (κ2) is 5.23. The zero-order valence-corrected chi connectivity index (χ0v) is 10.5. The zero-order chi connectivity index (χ0) is 12.3. The number of ether oxygens (including phenoxy) is 2. The highest BCUT2D eigenvalue weighted by Crippen LogP contribution is 2.34. The number of rotatable bonds is 5. The molecule has 1 aliphatic rings. The van der Waals surface area contributed by atoms with E-state index in [2.05, 4.69) is 31.0 Å². The van der Waals surface area contributed by atoms with E-state index in [0.717, 1.165) is 36.6 Å². The molecule has 0 saturated heterocycles. The van der Waals surface area contributed by atoms with Crippen molar-refractivity contribution in [1.29, 1.82) is 0 Å². The van der Waals surface area contributed by atoms with E-state index in [1.54, 1.807) is 7.11 Å². The van der Waals surface area contributed by atoms with Gasteiger partial charge in [0.05, 0.1) is 7.11 Å². The second-order valence-electron chi connectivity index (χ2n) is 4.32. The van der Waals surface area contributed by atoms with Crippen molar-refractivity contribution >= 4 is 0 Å². The van der Waals surface area contributed by atoms with Crippen LogP contribution in [0.3, 0.4) is 0 Å². The first-order valence-corrected chi connectivity index (χ1v) is 5.92. The molecule has 0 spiro atoms. The van der Waals surface area contributed by atoms with Gasteiger partial charge in [-0.05, 0) is 19.1 Å². The minimum Gasteiger partial charge on any atom is -0.496 e. The lowest BCUT2D eigenvalue weighted by Gasteiger charge is -2.11. The second-order valence-corrected chi connectivity index (χ2v) is 4.32. The van der Waals surface area contributed by atoms with Crippen molar-refractivity contribution in [3.63, 3.8) is 0 Å². The SMILES string of the molecule is C=CCNCc1cc2c(cc1OC)CC(C)O2. The quantitative estimate of drug-likeness (QED) is 0.625. The summed E-state index contributed by atoms with van der Waals surface area (Å²) in [7, 11) is 1.71. The molecule has 17 heavy (non-hydrogen) atoms. The molecule has 0 saturated carbocycles. The molecule has 0 aromatic heterocycles. The lowest BCUT2D eigenvalue weighted by Crippen LogP contribution is -2.13. The van der Waals surface area contributed by atoms with Gasteiger partial charge in [-0.3, -0.25) is 0 Å². The highest BCUT2D eigenvalue weighted by Gasteiger charge is 2.21. The van der Waals surface area contributed by atoms with E-state index in [1.807, 2.05) is 6.08 Å². The lowest BCUT2D eigenvalue weighted by atomic mass is 10.1. The molecule has 0 amide bonds. The predicted molar refractivity (Wildman–Crippen MR) is 68.7 cm³/mol. The molecule has 1 aromatic carbocycles. The van der Waals surface area contributed by atoms with Crippen molar-refractivity contribution < 1.29 is 9.47 Å². The number of hydrogen-bond donors (Lipinski definition) is 1. The molecule has 0 aliphatic carbocycles. The molecule has 1 heterocycles. The molecule has 1 aliphatic heterocycles. The van der Waals surface area contributed by atoms with E-state index < -0.39 is 0 Å². The Kier molecular flexibility index (Phi) is 3.69. The Morgan fingerprint density at radius 2 is 2.41 bits per heavy atom. The molecule has 3 nitrogen and oxygen atoms in total. The smallest absolute Gasteiger partial charge is 0.123 e. The molecule has 0 bridgehead atoms. The fourth-order valence-corrected chi connectivity index (χ4v) is 2.12. The fraction of sp³-hybridized carbons (Fsp3) is 0.429. The zero-order valence-electron chi connectivity index (χ0n) is 10.5. The average Bonchev–Trinajstić information content (AvgIpc) is 2.67. The van der Waals surface area contributed by atoms with Gasteiger partial charge in [-0.2, -0.15) is 0 Å². The number of nitrogens with one attached hydrogen (secondary N) is 1. The summed E-state index contributed by atoms with van der Waals surface area (Å²) < 4.78 is 11.2. The van der Waals surface area contributed by atoms with Gasteiger partial charge in [0.15, 0.2) is 0 Å². The number of methoxy groups -OCH3 is 1. The summed E-state index contributed by atoms with van der Waals surface area (Å²) in [6, 6.07) is 4.16. The Hall–Kier alpha value is -1.48. The van der Waals surface area contributed by atoms with Crippen LogP contribution in [0.4, 0.5) is 0 Å². The van der Waals surface area contributed by atoms with Crippen LogP contribution in [-0.2, 0) is 13.0 Å². The van der Waals surface area contributed by atoms with Crippen LogP contribution in [0, 0.1) is 0 Å². The highest BCUT2D eigenvalue weighted by molar-refractivity contribution is 5.48. The van der Waals surface area contributed by atoms with Crippen molar-refractivity contribution in [2.75, 3.05) is 13.7 Å². The lowest BCUT2D eigenvalue weighted by molar-refractivity contribution is 0.254. The summed E-state index contributed by atoms with van der Waals surface area (Å²) in [5.41, 5.74) is 2.36. The first-order chi connectivity index (χ1) is 8.24. The third-order valence-electron chi connectivity index (χ3n) is 2.90. The molecule has 1 N–H and O–H groups in total. The van der Waals surface area contributed by atoms with Crippen molar-refractivity contribution in [1.82, 2.24) is 5.32 Å². The van der Waals surface area contributed by atoms with Gasteiger partial charge in [0.1, 0.15) is 17.6 Å². The highest BCUT2D eigenvalue weighted by atomic mass is 16.5. The van der Waals surface area contributed by atoms with Crippen LogP contribution >= 0.6 is 0 Å². The molecule has 2 rings (SSSR count). The topological polar surface area (TPSA) is 30.5 Å². The van der Waals surface area contributed by atoms with Gasteiger partial charge in [0.25, 0.3) is 0 Å². The molecule has 92 valence electrons. The maximum atomic E-state index is 5.75. The van der Waals surface area contributed by atoms with Gasteiger partial charge in [0, 0.05) is 30.6 Å². The van der Waals surface area contributed by atoms with Crippen LogP contribution in [0.15, 0.2) is 24.8 Å². The van der Waals surface area contributed by atoms with Crippen LogP contribution in [0.2, 0.25) is 0 Å². The number of hydrogen-bond acceptors (Lipinski definition) is 3. The summed E-state index contributed by atoms with van der Waals surface area (Å²) in [5, 5.41) is 3.27. The Morgan fingerprint density at radius 1 is 1.59 bits per heavy atom. The molecule has 0 radical (unpaired) electrons. The Balaban J connectivity index is 2.20. The van der Waals surface area contributed by atoms with Gasteiger partial charge in [-0.1, -0.05) is 6.08 Å². The third kappa shape index (κ3) is 2.61. The van der Waals surface area contributed by atoms with Crippen LogP contribution in [0.1, 0.15) is 18.1 Å². The summed E-state index contributed by atoms with van der Waals surface area (Å²) in [5.74, 6) is 1.92. The minimum absolute atomic E-state index is 0.270. The van der Waals surface area contributed by atoms with Gasteiger partial charge < -0.3 is 14.8 Å². The average molecular weight is 233 g/mol. The summed E-state index contributed by atoms with van der Waals surface area (Å²) >= 11 is 0. The Bertz CT molecular complexity index is 415. The minimum atomic E-state index is 0.270. The maximum absolute atomic E-state index is 5.75. The van der Waals surface area contributed by atoms with Crippen molar-refractivity contribution in [3.8, 4) is 11.5 Å². The van der Waals surface area contributed by atoms with Crippen LogP contribution in [-0.4, -0.2) is 19.8 Å². The number of benzene rings is 1. The molecular weight excluding hydrogens is 214 g/mol. The van der Waals surface area contributed by atoms with Gasteiger partial charge in [-0.25, -0.2) is 0 Å². The van der Waals surface area contributed by atoms with Crippen molar-refractivity contribution in [2.45, 2.75) is 26.0 Å². The first kappa shape index (κ1) is 12.0. The molecule has 1 aromatic rings. The van der Waals surface area contributed by atoms with Gasteiger partial charge in [0.2, 0.25) is 0 Å². The van der Waals surface area contributed by atoms with Gasteiger partial charge in [-0.15, -0.1) is 6.58 Å². The molecule has 0 fully saturated rings. The van der Waals surface area contributed by atoms with Crippen LogP contribution in [0.5, 0.6) is 11.5 Å². The van der Waals surface area contributed by atoms with Crippen molar-refractivity contribution in [2.24, 2.45) is 0 Å². The largest absolute Gasteiger partial charge is 0.496 e. The summed E-state index contributed by atoms with van der Waals surface area (Å²) in [4.78, 5) is 0. The normalized spacial score (nSPS) is 17.4. The Labute approximate surface area is 102 Å². The van der Waals surface area contributed by atoms with E-state index in [1.165, 1.54) is 5.56 Å². The summed E-state index contributed by atoms with van der Waals surface area (Å²) in [6.45, 7) is 7.32. The van der Waals surface area contributed by atoms with E-state index in [9.17, 15) is 0 Å². The first-order valence-electron chi connectivity index (χ1n) is 5.92. The summed E-state index contributed by atoms with van der Waals surface area (Å²) in [6.07, 6.45) is 3.08. The van der Waals surface area contributed by atoms with E-state index in [0.29, 0.717) is 0 Å². The molecule has 1 unspecified atom stereocenters. The maximum Gasteiger partial charge on any atom is 0.123 e. The van der Waals surface area contributed by atoms with Crippen LogP contribution in [0.25, 0.3) is 0 Å². The standard InChI is InChI=1S/C14H19NO2/c1-4-5-15-9-12-8-14-11(6-10(2)17-14)7-13(12)16-3/h4,7-8,10,15H,1,5-6,9H2,2-3H3. The van der Waals surface area contributed by atoms with E-state index in [-0.39, 0.29) is 6.10 Å². The molecule has 1 atom stereocenters. The van der Waals surface area contributed by atoms with Gasteiger partial charge >= 0.3 is 0 Å². The molecular formula is C14H19NO2. The Morgan fingerprint density at radius 3 is 3.12 bits per heavy atom. The molecule has 3 heteroatoms. The van der Waals surface area contributed by atoms with Crippen molar-refractivity contribution in [3.05, 3.63) is 35.9 Å². The van der Waals surface area contributed by atoms with Crippen LogP contribution < -0.4 is 14.8 Å². The van der Waals surface area contributed by atoms with E-state index in [4.69, 9.17) is 9.47 Å². The number of fused-ring (bicyclic) bond motifs is 1. The monoisotopic (exact) mass is 233 g/mol. The third-order valence-corrected chi connectivity index (χ3v) is 2.90. The fourth-order valence-electron chi connectivity index (χ4n) is 2.12. The predicted octanol–water partition coefficient (Wildman–Crippen LogP) is 2.29. The van der Waals surface area contributed by atoms with E-state index >= 15 is 0 Å².